The quantitative estimate of drug-likeness (QED) is 0.123. The number of allylic oxidation sites excluding steroid dienone is 2. The number of unbranched alkanes of at least 4 members (excludes halogenated alkanes) is 4. The van der Waals surface area contributed by atoms with Gasteiger partial charge in [-0.3, -0.25) is 14.4 Å². The first kappa shape index (κ1) is 37.4. The molecule has 5 rings (SSSR count). The first-order valence-electron chi connectivity index (χ1n) is 19.9. The van der Waals surface area contributed by atoms with Crippen LogP contribution in [0.25, 0.3) is 0 Å². The fourth-order valence-electron chi connectivity index (χ4n) is 12.5. The van der Waals surface area contributed by atoms with E-state index in [1.807, 2.05) is 0 Å². The molecule has 2 N–H and O–H groups in total. The Bertz CT molecular complexity index is 1250. The number of carboxylic acids is 1. The number of carbonyl (C=O) groups is 3. The van der Waals surface area contributed by atoms with Crippen molar-refractivity contribution in [1.29, 1.82) is 0 Å². The molecule has 0 spiro atoms. The van der Waals surface area contributed by atoms with Crippen molar-refractivity contribution < 1.29 is 24.2 Å². The molecule has 272 valence electrons. The Balaban J connectivity index is 1.37. The van der Waals surface area contributed by atoms with Crippen molar-refractivity contribution in [3.8, 4) is 0 Å². The highest BCUT2D eigenvalue weighted by molar-refractivity contribution is 5.84. The predicted molar refractivity (Wildman–Crippen MR) is 192 cm³/mol. The molecule has 0 aromatic carbocycles. The first-order valence-corrected chi connectivity index (χ1v) is 19.9. The van der Waals surface area contributed by atoms with Crippen LogP contribution in [0.2, 0.25) is 0 Å². The van der Waals surface area contributed by atoms with E-state index in [0.717, 1.165) is 83.5 Å². The smallest absolute Gasteiger partial charge is 0.306 e. The topological polar surface area (TPSA) is 92.7 Å². The molecule has 4 saturated carbocycles. The van der Waals surface area contributed by atoms with Crippen molar-refractivity contribution >= 4 is 17.8 Å². The standard InChI is InChI=1S/C42H69NO5/c1-9-10-12-16-35(46)48-33-20-21-39(6)31(38(33,4)5)19-22-41(8)32(39)18-17-29-30-28-37(2,3)23-25-42(30,26-24-40(29,41)7)36(47)43-27-14-11-13-15-34(44)45/h17,30-33H,9-16,18-28H2,1-8H3,(H,43,47)(H,44,45)/t30-,31-,32+,33-,39-,40+,41+,42-/m0/s1. The summed E-state index contributed by atoms with van der Waals surface area (Å²) in [6.45, 7) is 20.2. The van der Waals surface area contributed by atoms with Gasteiger partial charge in [-0.2, -0.15) is 0 Å². The van der Waals surface area contributed by atoms with Gasteiger partial charge < -0.3 is 15.2 Å². The summed E-state index contributed by atoms with van der Waals surface area (Å²) in [6.07, 6.45) is 19.5. The van der Waals surface area contributed by atoms with Gasteiger partial charge >= 0.3 is 11.9 Å². The fraction of sp³-hybridized carbons (Fsp3) is 0.881. The number of rotatable bonds is 12. The Labute approximate surface area is 292 Å². The first-order chi connectivity index (χ1) is 22.5. The van der Waals surface area contributed by atoms with Crippen LogP contribution in [0.15, 0.2) is 11.6 Å². The molecule has 5 aliphatic carbocycles. The van der Waals surface area contributed by atoms with E-state index in [-0.39, 0.29) is 62.8 Å². The zero-order valence-electron chi connectivity index (χ0n) is 31.9. The minimum atomic E-state index is -0.745. The maximum absolute atomic E-state index is 14.3. The van der Waals surface area contributed by atoms with Gasteiger partial charge in [-0.15, -0.1) is 0 Å². The van der Waals surface area contributed by atoms with Gasteiger partial charge in [0.15, 0.2) is 0 Å². The van der Waals surface area contributed by atoms with Crippen LogP contribution in [0, 0.1) is 50.2 Å². The van der Waals surface area contributed by atoms with Crippen molar-refractivity contribution in [2.24, 2.45) is 50.2 Å². The predicted octanol–water partition coefficient (Wildman–Crippen LogP) is 10.0. The molecular weight excluding hydrogens is 598 g/mol. The Morgan fingerprint density at radius 2 is 1.54 bits per heavy atom. The van der Waals surface area contributed by atoms with Crippen LogP contribution >= 0.6 is 0 Å². The molecule has 0 aromatic heterocycles. The molecule has 0 radical (unpaired) electrons. The van der Waals surface area contributed by atoms with Crippen molar-refractivity contribution in [3.05, 3.63) is 11.6 Å². The maximum Gasteiger partial charge on any atom is 0.306 e. The lowest BCUT2D eigenvalue weighted by molar-refractivity contribution is -0.213. The van der Waals surface area contributed by atoms with E-state index >= 15 is 0 Å². The van der Waals surface area contributed by atoms with E-state index in [4.69, 9.17) is 9.84 Å². The zero-order valence-corrected chi connectivity index (χ0v) is 31.9. The highest BCUT2D eigenvalue weighted by Crippen LogP contribution is 2.75. The van der Waals surface area contributed by atoms with Crippen LogP contribution < -0.4 is 5.32 Å². The van der Waals surface area contributed by atoms with E-state index < -0.39 is 5.97 Å². The Morgan fingerprint density at radius 1 is 0.833 bits per heavy atom. The maximum atomic E-state index is 14.3. The van der Waals surface area contributed by atoms with Gasteiger partial charge in [-0.1, -0.05) is 86.3 Å². The summed E-state index contributed by atoms with van der Waals surface area (Å²) < 4.78 is 6.27. The third-order valence-corrected chi connectivity index (χ3v) is 15.6. The SMILES string of the molecule is CCCCCC(=O)O[C@H]1CC[C@]2(C)[C@H]3CC=C4[C@@H]5CC(C)(C)CC[C@]5(C(=O)NCCCCCC(=O)O)CC[C@@]4(C)[C@]3(C)CC[C@H]2C1(C)C. The van der Waals surface area contributed by atoms with E-state index in [9.17, 15) is 14.4 Å². The van der Waals surface area contributed by atoms with Gasteiger partial charge in [0.2, 0.25) is 5.91 Å². The average molecular weight is 668 g/mol. The van der Waals surface area contributed by atoms with E-state index in [2.05, 4.69) is 66.8 Å². The number of nitrogens with one attached hydrogen (secondary N) is 1. The molecule has 6 heteroatoms. The minimum Gasteiger partial charge on any atom is -0.481 e. The summed E-state index contributed by atoms with van der Waals surface area (Å²) in [6, 6.07) is 0. The minimum absolute atomic E-state index is 0.00483. The molecule has 5 aliphatic rings. The van der Waals surface area contributed by atoms with E-state index in [1.165, 1.54) is 12.8 Å². The van der Waals surface area contributed by atoms with Crippen molar-refractivity contribution in [1.82, 2.24) is 5.32 Å². The zero-order chi connectivity index (χ0) is 35.2. The number of fused-ring (bicyclic) bond motifs is 7. The highest BCUT2D eigenvalue weighted by Gasteiger charge is 2.69. The highest BCUT2D eigenvalue weighted by atomic mass is 16.5. The third kappa shape index (κ3) is 6.42. The molecule has 48 heavy (non-hydrogen) atoms. The summed E-state index contributed by atoms with van der Waals surface area (Å²) in [5.74, 6) is 0.853. The third-order valence-electron chi connectivity index (χ3n) is 15.6. The largest absolute Gasteiger partial charge is 0.481 e. The molecule has 6 nitrogen and oxygen atoms in total. The van der Waals surface area contributed by atoms with Gasteiger partial charge in [0.25, 0.3) is 0 Å². The van der Waals surface area contributed by atoms with E-state index in [0.29, 0.717) is 31.2 Å². The Hall–Kier alpha value is -1.85. The number of esters is 1. The fourth-order valence-corrected chi connectivity index (χ4v) is 12.5. The molecule has 0 unspecified atom stereocenters. The van der Waals surface area contributed by atoms with Gasteiger partial charge in [-0.05, 0) is 123 Å². The van der Waals surface area contributed by atoms with Crippen molar-refractivity contribution in [2.45, 2.75) is 177 Å². The Kier molecular flexibility index (Phi) is 10.7. The lowest BCUT2D eigenvalue weighted by Crippen LogP contribution is -2.65. The molecular formula is C42H69NO5. The lowest BCUT2D eigenvalue weighted by Gasteiger charge is -2.71. The molecule has 0 saturated heterocycles. The summed E-state index contributed by atoms with van der Waals surface area (Å²) in [7, 11) is 0. The number of aliphatic carboxylic acids is 1. The second kappa shape index (κ2) is 13.7. The molecule has 0 heterocycles. The monoisotopic (exact) mass is 668 g/mol. The average Bonchev–Trinajstić information content (AvgIpc) is 3.00. The number of carbonyl (C=O) groups excluding carboxylic acids is 2. The molecule has 0 aromatic rings. The van der Waals surface area contributed by atoms with E-state index in [1.54, 1.807) is 5.57 Å². The second-order valence-corrected chi connectivity index (χ2v) is 19.1. The molecule has 0 aliphatic heterocycles. The molecule has 1 amide bonds. The van der Waals surface area contributed by atoms with Crippen LogP contribution in [-0.2, 0) is 19.1 Å². The molecule has 8 atom stereocenters. The Morgan fingerprint density at radius 3 is 2.25 bits per heavy atom. The molecule has 4 fully saturated rings. The van der Waals surface area contributed by atoms with Crippen LogP contribution in [0.1, 0.15) is 171 Å². The lowest BCUT2D eigenvalue weighted by atomic mass is 9.33. The van der Waals surface area contributed by atoms with Crippen LogP contribution in [0.5, 0.6) is 0 Å². The summed E-state index contributed by atoms with van der Waals surface area (Å²) in [5.41, 5.74) is 1.82. The summed E-state index contributed by atoms with van der Waals surface area (Å²) in [5, 5.41) is 12.3. The summed E-state index contributed by atoms with van der Waals surface area (Å²) >= 11 is 0. The van der Waals surface area contributed by atoms with Gasteiger partial charge in [-0.25, -0.2) is 0 Å². The van der Waals surface area contributed by atoms with Gasteiger partial charge in [0.1, 0.15) is 6.10 Å². The normalized spacial score (nSPS) is 39.5. The molecule has 0 bridgehead atoms. The number of hydrogen-bond acceptors (Lipinski definition) is 4. The van der Waals surface area contributed by atoms with Crippen molar-refractivity contribution in [3.63, 3.8) is 0 Å². The summed E-state index contributed by atoms with van der Waals surface area (Å²) in [4.78, 5) is 38.1. The van der Waals surface area contributed by atoms with Gasteiger partial charge in [0.05, 0.1) is 5.41 Å². The second-order valence-electron chi connectivity index (χ2n) is 19.1. The number of carboxylic acid groups (broad SMARTS) is 1. The van der Waals surface area contributed by atoms with Crippen molar-refractivity contribution in [2.75, 3.05) is 6.54 Å². The number of amides is 1. The number of hydrogen-bond donors (Lipinski definition) is 2. The van der Waals surface area contributed by atoms with Crippen LogP contribution in [0.3, 0.4) is 0 Å². The van der Waals surface area contributed by atoms with Gasteiger partial charge in [0, 0.05) is 24.8 Å². The number of ether oxygens (including phenoxy) is 1. The van der Waals surface area contributed by atoms with Crippen LogP contribution in [0.4, 0.5) is 0 Å². The van der Waals surface area contributed by atoms with Crippen LogP contribution in [-0.4, -0.2) is 35.6 Å².